The molecule has 16 heavy (non-hydrogen) atoms. The molecule has 0 saturated heterocycles. The van der Waals surface area contributed by atoms with Crippen molar-refractivity contribution in [3.63, 3.8) is 0 Å². The van der Waals surface area contributed by atoms with Crippen molar-refractivity contribution in [2.45, 2.75) is 24.4 Å². The molecule has 0 aliphatic carbocycles. The Morgan fingerprint density at radius 1 is 1.19 bits per heavy atom. The van der Waals surface area contributed by atoms with Gasteiger partial charge in [0.2, 0.25) is 0 Å². The van der Waals surface area contributed by atoms with E-state index in [-0.39, 0.29) is 0 Å². The van der Waals surface area contributed by atoms with E-state index in [1.165, 1.54) is 0 Å². The fraction of sp³-hybridized carbons (Fsp3) is 1.00. The number of rotatable bonds is 7. The molecule has 0 aromatic carbocycles. The zero-order chi connectivity index (χ0) is 12.9. The number of nitrogens with zero attached hydrogens (tertiary/aromatic N) is 1. The monoisotopic (exact) mass is 259 g/mol. The van der Waals surface area contributed by atoms with Gasteiger partial charge in [0, 0.05) is 0 Å². The van der Waals surface area contributed by atoms with Gasteiger partial charge in [-0.3, -0.25) is 9.45 Å². The van der Waals surface area contributed by atoms with Gasteiger partial charge in [-0.15, -0.1) is 0 Å². The normalized spacial score (nSPS) is 16.8. The molecule has 0 aromatic heterocycles. The zero-order valence-corrected chi connectivity index (χ0v) is 9.58. The Balaban J connectivity index is 5.15. The molecule has 0 saturated carbocycles. The first-order chi connectivity index (χ1) is 7.29. The van der Waals surface area contributed by atoms with E-state index in [4.69, 9.17) is 19.9 Å². The van der Waals surface area contributed by atoms with Crippen LogP contribution in [0, 0.1) is 0 Å². The van der Waals surface area contributed by atoms with Gasteiger partial charge in [0.15, 0.2) is 5.37 Å². The minimum absolute atomic E-state index is 0.629. The second kappa shape index (κ2) is 6.45. The lowest BCUT2D eigenvalue weighted by atomic mass is 10.2. The van der Waals surface area contributed by atoms with E-state index >= 15 is 0 Å². The maximum Gasteiger partial charge on any atom is 0.283 e. The largest absolute Gasteiger partial charge is 0.395 e. The van der Waals surface area contributed by atoms with Crippen molar-refractivity contribution in [3.05, 3.63) is 0 Å². The molecule has 0 amide bonds. The average molecular weight is 259 g/mol. The Morgan fingerprint density at radius 2 is 1.62 bits per heavy atom. The molecular formula is C7H17NO7S. The number of aliphatic hydroxyl groups is 4. The smallest absolute Gasteiger partial charge is 0.283 e. The first-order valence-corrected chi connectivity index (χ1v) is 6.02. The summed E-state index contributed by atoms with van der Waals surface area (Å²) in [5.41, 5.74) is 0. The lowest BCUT2D eigenvalue weighted by Gasteiger charge is -2.34. The van der Waals surface area contributed by atoms with E-state index < -0.39 is 47.6 Å². The van der Waals surface area contributed by atoms with Crippen molar-refractivity contribution >= 4 is 10.1 Å². The predicted molar refractivity (Wildman–Crippen MR) is 53.9 cm³/mol. The van der Waals surface area contributed by atoms with Crippen LogP contribution in [-0.2, 0) is 10.1 Å². The molecule has 2 unspecified atom stereocenters. The molecular weight excluding hydrogens is 242 g/mol. The van der Waals surface area contributed by atoms with Crippen LogP contribution in [0.25, 0.3) is 0 Å². The highest BCUT2D eigenvalue weighted by molar-refractivity contribution is 7.86. The average Bonchev–Trinajstić information content (AvgIpc) is 2.15. The zero-order valence-electron chi connectivity index (χ0n) is 8.76. The van der Waals surface area contributed by atoms with Crippen LogP contribution in [0.2, 0.25) is 0 Å². The van der Waals surface area contributed by atoms with Crippen molar-refractivity contribution in [1.29, 1.82) is 0 Å². The first-order valence-electron chi connectivity index (χ1n) is 4.52. The minimum Gasteiger partial charge on any atom is -0.395 e. The molecule has 0 bridgehead atoms. The fourth-order valence-electron chi connectivity index (χ4n) is 1.37. The summed E-state index contributed by atoms with van der Waals surface area (Å²) in [7, 11) is -4.65. The Kier molecular flexibility index (Phi) is 6.33. The molecule has 0 aromatic rings. The fourth-order valence-corrected chi connectivity index (χ4v) is 2.45. The number of hydrogen-bond acceptors (Lipinski definition) is 7. The van der Waals surface area contributed by atoms with E-state index in [0.29, 0.717) is 4.90 Å². The van der Waals surface area contributed by atoms with Gasteiger partial charge in [0.05, 0.1) is 32.1 Å². The van der Waals surface area contributed by atoms with Crippen molar-refractivity contribution in [1.82, 2.24) is 4.90 Å². The quantitative estimate of drug-likeness (QED) is 0.244. The van der Waals surface area contributed by atoms with Crippen LogP contribution in [0.5, 0.6) is 0 Å². The van der Waals surface area contributed by atoms with Gasteiger partial charge in [-0.2, -0.15) is 8.42 Å². The second-order valence-electron chi connectivity index (χ2n) is 3.32. The Labute approximate surface area is 93.5 Å². The third-order valence-corrected chi connectivity index (χ3v) is 3.37. The van der Waals surface area contributed by atoms with Crippen molar-refractivity contribution in [2.24, 2.45) is 0 Å². The molecule has 8 nitrogen and oxygen atoms in total. The van der Waals surface area contributed by atoms with E-state index in [0.717, 1.165) is 6.92 Å². The van der Waals surface area contributed by atoms with Crippen molar-refractivity contribution in [2.75, 3.05) is 19.9 Å². The molecule has 0 radical (unpaired) electrons. The molecule has 9 heteroatoms. The number of aliphatic hydroxyl groups excluding tert-OH is 4. The van der Waals surface area contributed by atoms with Gasteiger partial charge in [0.25, 0.3) is 10.1 Å². The standard InChI is InChI=1S/C7H17NO7S/c1-5(12)7(16(13,14)15)8(4-11)6(2-9)3-10/h5-7,9-12H,2-4H2,1H3,(H,13,14,15). The topological polar surface area (TPSA) is 139 Å². The summed E-state index contributed by atoms with van der Waals surface area (Å²) in [6.07, 6.45) is -1.50. The van der Waals surface area contributed by atoms with E-state index in [2.05, 4.69) is 0 Å². The van der Waals surface area contributed by atoms with Crippen LogP contribution >= 0.6 is 0 Å². The molecule has 98 valence electrons. The first kappa shape index (κ1) is 15.7. The van der Waals surface area contributed by atoms with E-state index in [9.17, 15) is 13.5 Å². The van der Waals surface area contributed by atoms with Gasteiger partial charge in [0.1, 0.15) is 0 Å². The summed E-state index contributed by atoms with van der Waals surface area (Å²) in [6.45, 7) is -1.00. The molecule has 0 aliphatic rings. The Bertz CT molecular complexity index is 287. The minimum atomic E-state index is -4.65. The molecule has 0 spiro atoms. The SMILES string of the molecule is CC(O)C(N(CO)C(CO)CO)S(=O)(=O)O. The lowest BCUT2D eigenvalue weighted by molar-refractivity contribution is -0.0264. The summed E-state index contributed by atoms with van der Waals surface area (Å²) in [4.78, 5) is 0.694. The van der Waals surface area contributed by atoms with Gasteiger partial charge in [-0.25, -0.2) is 0 Å². The molecule has 0 aliphatic heterocycles. The summed E-state index contributed by atoms with van der Waals surface area (Å²) in [6, 6.07) is -1.09. The lowest BCUT2D eigenvalue weighted by Crippen LogP contribution is -2.55. The Hall–Kier alpha value is -0.290. The third-order valence-electron chi connectivity index (χ3n) is 2.10. The van der Waals surface area contributed by atoms with Gasteiger partial charge >= 0.3 is 0 Å². The van der Waals surface area contributed by atoms with E-state index in [1.54, 1.807) is 0 Å². The van der Waals surface area contributed by atoms with Gasteiger partial charge in [-0.1, -0.05) is 0 Å². The van der Waals surface area contributed by atoms with Crippen LogP contribution in [0.4, 0.5) is 0 Å². The molecule has 2 atom stereocenters. The van der Waals surface area contributed by atoms with Crippen molar-refractivity contribution in [3.8, 4) is 0 Å². The molecule has 0 rings (SSSR count). The predicted octanol–water partition coefficient (Wildman–Crippen LogP) is -2.81. The van der Waals surface area contributed by atoms with Gasteiger partial charge < -0.3 is 20.4 Å². The summed E-state index contributed by atoms with van der Waals surface area (Å²) in [5.74, 6) is 0. The van der Waals surface area contributed by atoms with Crippen LogP contribution in [0.15, 0.2) is 0 Å². The van der Waals surface area contributed by atoms with Crippen LogP contribution in [0.1, 0.15) is 6.92 Å². The van der Waals surface area contributed by atoms with Crippen LogP contribution < -0.4 is 0 Å². The summed E-state index contributed by atoms with van der Waals surface area (Å²) >= 11 is 0. The number of hydrogen-bond donors (Lipinski definition) is 5. The van der Waals surface area contributed by atoms with E-state index in [1.807, 2.05) is 0 Å². The molecule has 0 fully saturated rings. The maximum atomic E-state index is 11.0. The highest BCUT2D eigenvalue weighted by Gasteiger charge is 2.37. The third kappa shape index (κ3) is 3.94. The van der Waals surface area contributed by atoms with Crippen LogP contribution in [0.3, 0.4) is 0 Å². The molecule has 0 heterocycles. The summed E-state index contributed by atoms with van der Waals surface area (Å²) in [5, 5.41) is 34.1. The maximum absolute atomic E-state index is 11.0. The van der Waals surface area contributed by atoms with Crippen molar-refractivity contribution < 1.29 is 33.4 Å². The highest BCUT2D eigenvalue weighted by atomic mass is 32.2. The summed E-state index contributed by atoms with van der Waals surface area (Å²) < 4.78 is 30.9. The van der Waals surface area contributed by atoms with Crippen LogP contribution in [-0.4, -0.2) is 75.8 Å². The highest BCUT2D eigenvalue weighted by Crippen LogP contribution is 2.14. The molecule has 5 N–H and O–H groups in total. The second-order valence-corrected chi connectivity index (χ2v) is 4.83. The van der Waals surface area contributed by atoms with Gasteiger partial charge in [-0.05, 0) is 6.92 Å². The Morgan fingerprint density at radius 3 is 1.81 bits per heavy atom.